The van der Waals surface area contributed by atoms with Crippen molar-refractivity contribution in [2.24, 2.45) is 5.92 Å². The maximum atomic E-state index is 11.7. The van der Waals surface area contributed by atoms with Gasteiger partial charge in [0.05, 0.1) is 0 Å². The molecule has 2 rings (SSSR count). The van der Waals surface area contributed by atoms with Crippen LogP contribution in [0, 0.1) is 5.92 Å². The molecule has 0 saturated heterocycles. The fourth-order valence-electron chi connectivity index (χ4n) is 2.50. The molecule has 1 aromatic carbocycles. The SMILES string of the molecule is C[C@@H]1CCCC(NC(=O)OCc2ccccc2)C1. The molecule has 98 valence electrons. The van der Waals surface area contributed by atoms with Crippen molar-refractivity contribution in [2.75, 3.05) is 0 Å². The number of ether oxygens (including phenoxy) is 1. The van der Waals surface area contributed by atoms with Crippen molar-refractivity contribution in [1.29, 1.82) is 0 Å². The second-order valence-electron chi connectivity index (χ2n) is 5.17. The summed E-state index contributed by atoms with van der Waals surface area (Å²) in [5, 5.41) is 2.96. The van der Waals surface area contributed by atoms with E-state index in [1.807, 2.05) is 30.3 Å². The molecule has 3 heteroatoms. The molecular formula is C15H21NO2. The third-order valence-corrected chi connectivity index (χ3v) is 3.47. The fraction of sp³-hybridized carbons (Fsp3) is 0.533. The van der Waals surface area contributed by atoms with Crippen LogP contribution in [0.3, 0.4) is 0 Å². The molecule has 18 heavy (non-hydrogen) atoms. The quantitative estimate of drug-likeness (QED) is 0.888. The molecule has 1 aromatic rings. The molecule has 1 unspecified atom stereocenters. The number of hydrogen-bond donors (Lipinski definition) is 1. The first-order chi connectivity index (χ1) is 8.74. The molecule has 1 amide bonds. The van der Waals surface area contributed by atoms with E-state index in [2.05, 4.69) is 12.2 Å². The van der Waals surface area contributed by atoms with E-state index in [9.17, 15) is 4.79 Å². The van der Waals surface area contributed by atoms with Crippen LogP contribution in [0.2, 0.25) is 0 Å². The van der Waals surface area contributed by atoms with Crippen molar-refractivity contribution in [3.8, 4) is 0 Å². The summed E-state index contributed by atoms with van der Waals surface area (Å²) in [6.07, 6.45) is 4.32. The Morgan fingerprint density at radius 2 is 2.11 bits per heavy atom. The largest absolute Gasteiger partial charge is 0.445 e. The molecule has 0 radical (unpaired) electrons. The Morgan fingerprint density at radius 1 is 1.33 bits per heavy atom. The normalized spacial score (nSPS) is 23.4. The molecule has 0 aliphatic heterocycles. The zero-order valence-electron chi connectivity index (χ0n) is 10.9. The predicted molar refractivity (Wildman–Crippen MR) is 71.2 cm³/mol. The highest BCUT2D eigenvalue weighted by molar-refractivity contribution is 5.67. The van der Waals surface area contributed by atoms with Gasteiger partial charge in [-0.25, -0.2) is 4.79 Å². The minimum absolute atomic E-state index is 0.289. The molecular weight excluding hydrogens is 226 g/mol. The van der Waals surface area contributed by atoms with Crippen LogP contribution in [0.5, 0.6) is 0 Å². The highest BCUT2D eigenvalue weighted by atomic mass is 16.5. The van der Waals surface area contributed by atoms with Gasteiger partial charge in [0.1, 0.15) is 6.61 Å². The van der Waals surface area contributed by atoms with Crippen molar-refractivity contribution in [3.05, 3.63) is 35.9 Å². The first kappa shape index (κ1) is 12.9. The zero-order valence-corrected chi connectivity index (χ0v) is 10.9. The molecule has 0 bridgehead atoms. The third-order valence-electron chi connectivity index (χ3n) is 3.47. The third kappa shape index (κ3) is 4.06. The van der Waals surface area contributed by atoms with Crippen LogP contribution in [-0.4, -0.2) is 12.1 Å². The fourth-order valence-corrected chi connectivity index (χ4v) is 2.50. The summed E-state index contributed by atoms with van der Waals surface area (Å²) in [6, 6.07) is 10.0. The van der Waals surface area contributed by atoms with Crippen LogP contribution >= 0.6 is 0 Å². The molecule has 3 nitrogen and oxygen atoms in total. The Bertz CT molecular complexity index is 377. The summed E-state index contributed by atoms with van der Waals surface area (Å²) < 4.78 is 5.22. The number of hydrogen-bond acceptors (Lipinski definition) is 2. The second-order valence-corrected chi connectivity index (χ2v) is 5.17. The van der Waals surface area contributed by atoms with E-state index in [1.54, 1.807) is 0 Å². The van der Waals surface area contributed by atoms with E-state index < -0.39 is 0 Å². The molecule has 1 fully saturated rings. The van der Waals surface area contributed by atoms with Gasteiger partial charge in [0.25, 0.3) is 0 Å². The molecule has 0 spiro atoms. The van der Waals surface area contributed by atoms with Crippen molar-refractivity contribution in [2.45, 2.75) is 45.3 Å². The first-order valence-electron chi connectivity index (χ1n) is 6.71. The molecule has 1 aliphatic rings. The summed E-state index contributed by atoms with van der Waals surface area (Å²) >= 11 is 0. The predicted octanol–water partition coefficient (Wildman–Crippen LogP) is 3.49. The van der Waals surface area contributed by atoms with Crippen LogP contribution in [0.25, 0.3) is 0 Å². The Hall–Kier alpha value is -1.51. The molecule has 1 aliphatic carbocycles. The topological polar surface area (TPSA) is 38.3 Å². The van der Waals surface area contributed by atoms with Crippen LogP contribution in [0.4, 0.5) is 4.79 Å². The lowest BCUT2D eigenvalue weighted by Gasteiger charge is -2.27. The van der Waals surface area contributed by atoms with Gasteiger partial charge in [0, 0.05) is 6.04 Å². The van der Waals surface area contributed by atoms with Gasteiger partial charge in [0.15, 0.2) is 0 Å². The van der Waals surface area contributed by atoms with Crippen LogP contribution in [0.1, 0.15) is 38.2 Å². The second kappa shape index (κ2) is 6.43. The molecule has 1 N–H and O–H groups in total. The average molecular weight is 247 g/mol. The number of amides is 1. The minimum atomic E-state index is -0.294. The molecule has 2 atom stereocenters. The maximum absolute atomic E-state index is 11.7. The van der Waals surface area contributed by atoms with Crippen molar-refractivity contribution in [1.82, 2.24) is 5.32 Å². The van der Waals surface area contributed by atoms with Gasteiger partial charge >= 0.3 is 6.09 Å². The van der Waals surface area contributed by atoms with Gasteiger partial charge in [-0.15, -0.1) is 0 Å². The number of carbonyl (C=O) groups is 1. The van der Waals surface area contributed by atoms with Crippen LogP contribution in [-0.2, 0) is 11.3 Å². The average Bonchev–Trinajstić information content (AvgIpc) is 2.38. The van der Waals surface area contributed by atoms with Gasteiger partial charge in [-0.2, -0.15) is 0 Å². The van der Waals surface area contributed by atoms with Gasteiger partial charge in [-0.05, 0) is 24.3 Å². The number of alkyl carbamates (subject to hydrolysis) is 1. The van der Waals surface area contributed by atoms with Gasteiger partial charge < -0.3 is 10.1 Å². The Balaban J connectivity index is 1.72. The number of nitrogens with one attached hydrogen (secondary N) is 1. The van der Waals surface area contributed by atoms with E-state index in [4.69, 9.17) is 4.74 Å². The number of carbonyl (C=O) groups excluding carboxylic acids is 1. The summed E-state index contributed by atoms with van der Waals surface area (Å²) in [6.45, 7) is 2.58. The highest BCUT2D eigenvalue weighted by Crippen LogP contribution is 2.23. The van der Waals surface area contributed by atoms with E-state index in [0.717, 1.165) is 18.4 Å². The summed E-state index contributed by atoms with van der Waals surface area (Å²) in [4.78, 5) is 11.7. The van der Waals surface area contributed by atoms with Crippen LogP contribution in [0.15, 0.2) is 30.3 Å². The van der Waals surface area contributed by atoms with Gasteiger partial charge in [-0.1, -0.05) is 50.1 Å². The molecule has 1 saturated carbocycles. The van der Waals surface area contributed by atoms with E-state index in [-0.39, 0.29) is 12.1 Å². The standard InChI is InChI=1S/C15H21NO2/c1-12-6-5-9-14(10-12)16-15(17)18-11-13-7-3-2-4-8-13/h2-4,7-8,12,14H,5-6,9-11H2,1H3,(H,16,17)/t12-,14?/m1/s1. The smallest absolute Gasteiger partial charge is 0.407 e. The lowest BCUT2D eigenvalue weighted by molar-refractivity contribution is 0.131. The van der Waals surface area contributed by atoms with Crippen LogP contribution < -0.4 is 5.32 Å². The number of rotatable bonds is 3. The summed E-state index contributed by atoms with van der Waals surface area (Å²) in [5.41, 5.74) is 1.02. The number of benzene rings is 1. The maximum Gasteiger partial charge on any atom is 0.407 e. The lowest BCUT2D eigenvalue weighted by atomic mass is 9.87. The molecule has 0 aromatic heterocycles. The Morgan fingerprint density at radius 3 is 2.83 bits per heavy atom. The van der Waals surface area contributed by atoms with Gasteiger partial charge in [0.2, 0.25) is 0 Å². The monoisotopic (exact) mass is 247 g/mol. The first-order valence-corrected chi connectivity index (χ1v) is 6.71. The van der Waals surface area contributed by atoms with Gasteiger partial charge in [-0.3, -0.25) is 0 Å². The summed E-state index contributed by atoms with van der Waals surface area (Å²) in [5.74, 6) is 0.707. The zero-order chi connectivity index (χ0) is 12.8. The van der Waals surface area contributed by atoms with Crippen molar-refractivity contribution in [3.63, 3.8) is 0 Å². The molecule has 0 heterocycles. The summed E-state index contributed by atoms with van der Waals surface area (Å²) in [7, 11) is 0. The lowest BCUT2D eigenvalue weighted by Crippen LogP contribution is -2.38. The Kier molecular flexibility index (Phi) is 4.62. The Labute approximate surface area is 109 Å². The van der Waals surface area contributed by atoms with E-state index >= 15 is 0 Å². The van der Waals surface area contributed by atoms with E-state index in [0.29, 0.717) is 12.5 Å². The highest BCUT2D eigenvalue weighted by Gasteiger charge is 2.20. The van der Waals surface area contributed by atoms with Crippen molar-refractivity contribution >= 4 is 6.09 Å². The van der Waals surface area contributed by atoms with E-state index in [1.165, 1.54) is 12.8 Å². The van der Waals surface area contributed by atoms with Crippen molar-refractivity contribution < 1.29 is 9.53 Å². The minimum Gasteiger partial charge on any atom is -0.445 e.